The summed E-state index contributed by atoms with van der Waals surface area (Å²) >= 11 is 0. The number of carbonyl (C=O) groups excluding carboxylic acids is 2. The highest BCUT2D eigenvalue weighted by molar-refractivity contribution is 5.93. The molecule has 0 saturated carbocycles. The zero-order valence-electron chi connectivity index (χ0n) is 12.1. The van der Waals surface area contributed by atoms with Gasteiger partial charge in [0.05, 0.1) is 0 Å². The average molecular weight is 283 g/mol. The lowest BCUT2D eigenvalue weighted by Crippen LogP contribution is -2.21. The second-order valence-electron chi connectivity index (χ2n) is 4.79. The Kier molecular flexibility index (Phi) is 4.72. The number of aldehydes is 1. The zero-order valence-corrected chi connectivity index (χ0v) is 12.1. The highest BCUT2D eigenvalue weighted by atomic mass is 16.5. The van der Waals surface area contributed by atoms with Crippen LogP contribution in [-0.2, 0) is 4.79 Å². The largest absolute Gasteiger partial charge is 0.484 e. The number of ether oxygens (including phenoxy) is 1. The molecule has 0 aliphatic rings. The minimum atomic E-state index is -0.232. The molecule has 4 heteroatoms. The van der Waals surface area contributed by atoms with E-state index in [0.717, 1.165) is 23.1 Å². The lowest BCUT2D eigenvalue weighted by molar-refractivity contribution is -0.118. The fraction of sp³-hybridized carbons (Fsp3) is 0.176. The molecule has 0 radical (unpaired) electrons. The Morgan fingerprint density at radius 3 is 2.48 bits per heavy atom. The van der Waals surface area contributed by atoms with Crippen LogP contribution in [0.5, 0.6) is 5.75 Å². The third-order valence-electron chi connectivity index (χ3n) is 3.11. The summed E-state index contributed by atoms with van der Waals surface area (Å²) in [5.74, 6) is 0.264. The van der Waals surface area contributed by atoms with Gasteiger partial charge in [0.25, 0.3) is 5.91 Å². The predicted molar refractivity (Wildman–Crippen MR) is 81.9 cm³/mol. The monoisotopic (exact) mass is 283 g/mol. The number of aryl methyl sites for hydroxylation is 2. The molecular weight excluding hydrogens is 266 g/mol. The summed E-state index contributed by atoms with van der Waals surface area (Å²) in [5, 5.41) is 2.84. The molecule has 0 unspecified atom stereocenters. The Morgan fingerprint density at radius 2 is 1.81 bits per heavy atom. The lowest BCUT2D eigenvalue weighted by Gasteiger charge is -2.12. The molecule has 2 aromatic rings. The Bertz CT molecular complexity index is 645. The van der Waals surface area contributed by atoms with Gasteiger partial charge in [-0.25, -0.2) is 0 Å². The molecule has 0 spiro atoms. The van der Waals surface area contributed by atoms with Crippen molar-refractivity contribution in [2.45, 2.75) is 13.8 Å². The molecule has 0 fully saturated rings. The first-order chi connectivity index (χ1) is 10.1. The van der Waals surface area contributed by atoms with Gasteiger partial charge in [-0.3, -0.25) is 9.59 Å². The third-order valence-corrected chi connectivity index (χ3v) is 3.11. The summed E-state index contributed by atoms with van der Waals surface area (Å²) in [6.45, 7) is 3.78. The van der Waals surface area contributed by atoms with Crippen molar-refractivity contribution in [1.29, 1.82) is 0 Å². The number of nitrogens with one attached hydrogen (secondary N) is 1. The first kappa shape index (κ1) is 14.8. The molecule has 0 atom stereocenters. The first-order valence-electron chi connectivity index (χ1n) is 6.64. The number of rotatable bonds is 5. The molecule has 2 rings (SSSR count). The van der Waals surface area contributed by atoms with E-state index in [1.165, 1.54) is 0 Å². The second kappa shape index (κ2) is 6.70. The maximum atomic E-state index is 11.9. The lowest BCUT2D eigenvalue weighted by atomic mass is 10.1. The molecule has 0 heterocycles. The number of carbonyl (C=O) groups is 2. The van der Waals surface area contributed by atoms with E-state index >= 15 is 0 Å². The van der Waals surface area contributed by atoms with E-state index < -0.39 is 0 Å². The van der Waals surface area contributed by atoms with Crippen molar-refractivity contribution in [3.05, 3.63) is 59.2 Å². The molecule has 0 saturated heterocycles. The third kappa shape index (κ3) is 3.92. The van der Waals surface area contributed by atoms with Gasteiger partial charge in [-0.1, -0.05) is 30.3 Å². The summed E-state index contributed by atoms with van der Waals surface area (Å²) in [6, 6.07) is 12.5. The highest BCUT2D eigenvalue weighted by Gasteiger charge is 2.08. The number of anilines is 1. The van der Waals surface area contributed by atoms with Gasteiger partial charge in [-0.05, 0) is 37.1 Å². The summed E-state index contributed by atoms with van der Waals surface area (Å²) in [4.78, 5) is 22.6. The van der Waals surface area contributed by atoms with Crippen LogP contribution in [0.2, 0.25) is 0 Å². The van der Waals surface area contributed by atoms with E-state index in [1.54, 1.807) is 24.3 Å². The molecular formula is C17H17NO3. The van der Waals surface area contributed by atoms with Crippen LogP contribution in [0.25, 0.3) is 0 Å². The predicted octanol–water partition coefficient (Wildman–Crippen LogP) is 3.13. The van der Waals surface area contributed by atoms with Gasteiger partial charge in [0.1, 0.15) is 12.0 Å². The van der Waals surface area contributed by atoms with Crippen LogP contribution in [0.15, 0.2) is 42.5 Å². The maximum Gasteiger partial charge on any atom is 0.262 e. The molecule has 0 aromatic heterocycles. The van der Waals surface area contributed by atoms with Gasteiger partial charge in [0.2, 0.25) is 0 Å². The Hall–Kier alpha value is -2.62. The van der Waals surface area contributed by atoms with E-state index in [4.69, 9.17) is 4.74 Å². The van der Waals surface area contributed by atoms with Crippen LogP contribution in [0.1, 0.15) is 21.5 Å². The van der Waals surface area contributed by atoms with Crippen molar-refractivity contribution in [2.75, 3.05) is 11.9 Å². The quantitative estimate of drug-likeness (QED) is 0.858. The average Bonchev–Trinajstić information content (AvgIpc) is 2.49. The highest BCUT2D eigenvalue weighted by Crippen LogP contribution is 2.19. The number of hydrogen-bond acceptors (Lipinski definition) is 3. The first-order valence-corrected chi connectivity index (χ1v) is 6.64. The molecule has 1 N–H and O–H groups in total. The fourth-order valence-electron chi connectivity index (χ4n) is 2.01. The van der Waals surface area contributed by atoms with Crippen LogP contribution < -0.4 is 10.1 Å². The molecule has 4 nitrogen and oxygen atoms in total. The topological polar surface area (TPSA) is 55.4 Å². The Morgan fingerprint density at radius 1 is 1.14 bits per heavy atom. The van der Waals surface area contributed by atoms with Crippen molar-refractivity contribution in [1.82, 2.24) is 0 Å². The van der Waals surface area contributed by atoms with Gasteiger partial charge in [-0.2, -0.15) is 0 Å². The Balaban J connectivity index is 1.97. The van der Waals surface area contributed by atoms with Crippen molar-refractivity contribution in [2.24, 2.45) is 0 Å². The van der Waals surface area contributed by atoms with Crippen LogP contribution >= 0.6 is 0 Å². The van der Waals surface area contributed by atoms with Crippen molar-refractivity contribution in [3.8, 4) is 5.75 Å². The van der Waals surface area contributed by atoms with E-state index in [2.05, 4.69) is 5.32 Å². The molecule has 2 aromatic carbocycles. The zero-order chi connectivity index (χ0) is 15.2. The number of benzene rings is 2. The van der Waals surface area contributed by atoms with Crippen molar-refractivity contribution in [3.63, 3.8) is 0 Å². The van der Waals surface area contributed by atoms with Crippen LogP contribution in [0, 0.1) is 13.8 Å². The van der Waals surface area contributed by atoms with E-state index in [1.807, 2.05) is 32.0 Å². The van der Waals surface area contributed by atoms with Crippen molar-refractivity contribution < 1.29 is 14.3 Å². The normalized spacial score (nSPS) is 10.0. The van der Waals surface area contributed by atoms with Gasteiger partial charge in [-0.15, -0.1) is 0 Å². The summed E-state index contributed by atoms with van der Waals surface area (Å²) in [5.41, 5.74) is 3.34. The van der Waals surface area contributed by atoms with Gasteiger partial charge in [0.15, 0.2) is 6.61 Å². The number of amides is 1. The van der Waals surface area contributed by atoms with Gasteiger partial charge < -0.3 is 10.1 Å². The minimum absolute atomic E-state index is 0.101. The fourth-order valence-corrected chi connectivity index (χ4v) is 2.01. The van der Waals surface area contributed by atoms with E-state index in [0.29, 0.717) is 11.3 Å². The van der Waals surface area contributed by atoms with Crippen LogP contribution in [-0.4, -0.2) is 18.8 Å². The maximum absolute atomic E-state index is 11.9. The molecule has 1 amide bonds. The molecule has 0 aliphatic carbocycles. The summed E-state index contributed by atoms with van der Waals surface area (Å²) in [6.07, 6.45) is 0.740. The number of para-hydroxylation sites is 1. The summed E-state index contributed by atoms with van der Waals surface area (Å²) in [7, 11) is 0. The number of hydrogen-bond donors (Lipinski definition) is 1. The van der Waals surface area contributed by atoms with Crippen LogP contribution in [0.3, 0.4) is 0 Å². The van der Waals surface area contributed by atoms with Crippen LogP contribution in [0.4, 0.5) is 5.69 Å². The SMILES string of the molecule is Cc1cccc(C)c1NC(=O)COc1cccc(C=O)c1. The second-order valence-corrected chi connectivity index (χ2v) is 4.79. The molecule has 108 valence electrons. The standard InChI is InChI=1S/C17H17NO3/c1-12-5-3-6-13(2)17(12)18-16(20)11-21-15-8-4-7-14(9-15)10-19/h3-10H,11H2,1-2H3,(H,18,20). The minimum Gasteiger partial charge on any atom is -0.484 e. The van der Waals surface area contributed by atoms with E-state index in [9.17, 15) is 9.59 Å². The molecule has 0 bridgehead atoms. The molecule has 21 heavy (non-hydrogen) atoms. The smallest absolute Gasteiger partial charge is 0.262 e. The Labute approximate surface area is 123 Å². The summed E-state index contributed by atoms with van der Waals surface area (Å²) < 4.78 is 5.39. The van der Waals surface area contributed by atoms with Gasteiger partial charge in [0, 0.05) is 11.3 Å². The molecule has 0 aliphatic heterocycles. The van der Waals surface area contributed by atoms with Crippen molar-refractivity contribution >= 4 is 17.9 Å². The van der Waals surface area contributed by atoms with E-state index in [-0.39, 0.29) is 12.5 Å². The van der Waals surface area contributed by atoms with Gasteiger partial charge >= 0.3 is 0 Å².